The van der Waals surface area contributed by atoms with Gasteiger partial charge in [0.05, 0.1) is 19.6 Å². The number of amides is 2. The second kappa shape index (κ2) is 9.70. The second-order valence-electron chi connectivity index (χ2n) is 6.85. The van der Waals surface area contributed by atoms with Gasteiger partial charge in [-0.15, -0.1) is 0 Å². The van der Waals surface area contributed by atoms with Crippen LogP contribution in [0.5, 0.6) is 0 Å². The van der Waals surface area contributed by atoms with E-state index in [0.717, 1.165) is 0 Å². The Morgan fingerprint density at radius 1 is 1.03 bits per heavy atom. The minimum absolute atomic E-state index is 0.0813. The zero-order valence-corrected chi connectivity index (χ0v) is 15.9. The van der Waals surface area contributed by atoms with Gasteiger partial charge in [-0.3, -0.25) is 29.3 Å². The van der Waals surface area contributed by atoms with Gasteiger partial charge in [-0.05, 0) is 18.1 Å². The molecule has 0 spiro atoms. The maximum atomic E-state index is 13.8. The average molecular weight is 416 g/mol. The van der Waals surface area contributed by atoms with E-state index in [1.165, 1.54) is 16.9 Å². The minimum atomic E-state index is -1.32. The van der Waals surface area contributed by atoms with E-state index in [9.17, 15) is 27.6 Å². The Hall–Kier alpha value is -2.66. The molecule has 1 fully saturated rings. The summed E-state index contributed by atoms with van der Waals surface area (Å²) in [4.78, 5) is 37.1. The Labute approximate surface area is 165 Å². The van der Waals surface area contributed by atoms with Crippen LogP contribution in [0.15, 0.2) is 12.1 Å². The Morgan fingerprint density at radius 2 is 1.62 bits per heavy atom. The topological polar surface area (TPSA) is 107 Å². The molecular weight excluding hydrogens is 393 g/mol. The first-order chi connectivity index (χ1) is 13.6. The molecule has 1 aromatic carbocycles. The number of carboxylic acids is 1. The fraction of sp³-hybridized carbons (Fsp3) is 0.500. The van der Waals surface area contributed by atoms with Crippen LogP contribution in [0, 0.1) is 17.5 Å². The fourth-order valence-corrected chi connectivity index (χ4v) is 3.17. The first-order valence-electron chi connectivity index (χ1n) is 9.00. The quantitative estimate of drug-likeness (QED) is 0.649. The minimum Gasteiger partial charge on any atom is -0.480 e. The van der Waals surface area contributed by atoms with Gasteiger partial charge in [-0.2, -0.15) is 0 Å². The smallest absolute Gasteiger partial charge is 0.317 e. The van der Waals surface area contributed by atoms with Crippen LogP contribution in [-0.4, -0.2) is 76.6 Å². The monoisotopic (exact) mass is 416 g/mol. The Bertz CT molecular complexity index is 793. The highest BCUT2D eigenvalue weighted by atomic mass is 19.2. The van der Waals surface area contributed by atoms with Crippen molar-refractivity contribution < 1.29 is 32.7 Å². The number of carbonyl (C=O) groups is 3. The standard InChI is InChI=1S/C18H23F3N4O4/c1-11(26)24-4-2-23(10-18(28)29)3-5-25(24)17(27)8-13(22)6-12-7-15(20)16(21)9-14(12)19/h7,9,13H,2-6,8,10,22H2,1H3,(H,28,29)/t13-/m1/s1. The maximum Gasteiger partial charge on any atom is 0.317 e. The molecule has 29 heavy (non-hydrogen) atoms. The summed E-state index contributed by atoms with van der Waals surface area (Å²) in [6.45, 7) is 1.79. The molecule has 3 N–H and O–H groups in total. The molecular formula is C18H23F3N4O4. The molecule has 1 aliphatic rings. The van der Waals surface area contributed by atoms with E-state index in [4.69, 9.17) is 10.8 Å². The summed E-state index contributed by atoms with van der Waals surface area (Å²) in [5.74, 6) is -5.41. The first-order valence-corrected chi connectivity index (χ1v) is 9.00. The van der Waals surface area contributed by atoms with Crippen LogP contribution in [0.1, 0.15) is 18.9 Å². The lowest BCUT2D eigenvalue weighted by molar-refractivity contribution is -0.161. The van der Waals surface area contributed by atoms with Gasteiger partial charge in [0.2, 0.25) is 11.8 Å². The van der Waals surface area contributed by atoms with Gasteiger partial charge < -0.3 is 10.8 Å². The molecule has 2 amide bonds. The van der Waals surface area contributed by atoms with Crippen molar-refractivity contribution in [2.75, 3.05) is 32.7 Å². The molecule has 0 unspecified atom stereocenters. The van der Waals surface area contributed by atoms with Crippen LogP contribution in [0.2, 0.25) is 0 Å². The molecule has 0 bridgehead atoms. The molecule has 1 saturated heterocycles. The van der Waals surface area contributed by atoms with Gasteiger partial charge in [0.25, 0.3) is 0 Å². The summed E-state index contributed by atoms with van der Waals surface area (Å²) in [5.41, 5.74) is 5.75. The van der Waals surface area contributed by atoms with Crippen molar-refractivity contribution in [3.8, 4) is 0 Å². The Balaban J connectivity index is 2.05. The normalized spacial score (nSPS) is 16.4. The molecule has 1 atom stereocenters. The number of hydrogen-bond acceptors (Lipinski definition) is 5. The summed E-state index contributed by atoms with van der Waals surface area (Å²) < 4.78 is 40.1. The third kappa shape index (κ3) is 6.16. The van der Waals surface area contributed by atoms with Crippen LogP contribution in [-0.2, 0) is 20.8 Å². The number of halogens is 3. The second-order valence-corrected chi connectivity index (χ2v) is 6.85. The zero-order valence-electron chi connectivity index (χ0n) is 15.9. The lowest BCUT2D eigenvalue weighted by Gasteiger charge is -2.32. The predicted molar refractivity (Wildman–Crippen MR) is 95.8 cm³/mol. The van der Waals surface area contributed by atoms with Crippen LogP contribution in [0.25, 0.3) is 0 Å². The predicted octanol–water partition coefficient (Wildman–Crippen LogP) is 0.356. The molecule has 0 aliphatic carbocycles. The van der Waals surface area contributed by atoms with Gasteiger partial charge in [-0.25, -0.2) is 13.2 Å². The summed E-state index contributed by atoms with van der Waals surface area (Å²) in [6, 6.07) is 0.226. The van der Waals surface area contributed by atoms with Gasteiger partial charge in [-0.1, -0.05) is 0 Å². The maximum absolute atomic E-state index is 13.8. The number of carbonyl (C=O) groups excluding carboxylic acids is 2. The molecule has 160 valence electrons. The van der Waals surface area contributed by atoms with E-state index in [0.29, 0.717) is 12.1 Å². The number of hydrazine groups is 1. The number of aliphatic carboxylic acids is 1. The van der Waals surface area contributed by atoms with E-state index in [2.05, 4.69) is 0 Å². The number of carboxylic acid groups (broad SMARTS) is 1. The number of benzene rings is 1. The third-order valence-electron chi connectivity index (χ3n) is 4.57. The van der Waals surface area contributed by atoms with Gasteiger partial charge >= 0.3 is 5.97 Å². The molecule has 8 nitrogen and oxygen atoms in total. The SMILES string of the molecule is CC(=O)N1CCN(CC(=O)O)CCN1C(=O)C[C@H](N)Cc1cc(F)c(F)cc1F. The third-order valence-corrected chi connectivity index (χ3v) is 4.57. The molecule has 11 heteroatoms. The molecule has 1 aliphatic heterocycles. The summed E-state index contributed by atoms with van der Waals surface area (Å²) in [7, 11) is 0. The molecule has 0 aromatic heterocycles. The molecule has 0 saturated carbocycles. The van der Waals surface area contributed by atoms with Crippen molar-refractivity contribution in [3.63, 3.8) is 0 Å². The van der Waals surface area contributed by atoms with E-state index in [-0.39, 0.29) is 51.1 Å². The number of rotatable bonds is 6. The van der Waals surface area contributed by atoms with Gasteiger partial charge in [0, 0.05) is 38.5 Å². The van der Waals surface area contributed by atoms with Crippen molar-refractivity contribution in [1.29, 1.82) is 0 Å². The van der Waals surface area contributed by atoms with Crippen LogP contribution < -0.4 is 5.73 Å². The van der Waals surface area contributed by atoms with E-state index in [1.54, 1.807) is 4.90 Å². The first kappa shape index (κ1) is 22.6. The Morgan fingerprint density at radius 3 is 2.21 bits per heavy atom. The fourth-order valence-electron chi connectivity index (χ4n) is 3.17. The van der Waals surface area contributed by atoms with Crippen LogP contribution in [0.3, 0.4) is 0 Å². The number of nitrogens with two attached hydrogens (primary N) is 1. The average Bonchev–Trinajstić information content (AvgIpc) is 2.81. The molecule has 0 radical (unpaired) electrons. The lowest BCUT2D eigenvalue weighted by atomic mass is 10.0. The Kier molecular flexibility index (Phi) is 7.57. The van der Waals surface area contributed by atoms with Crippen molar-refractivity contribution in [2.45, 2.75) is 25.8 Å². The van der Waals surface area contributed by atoms with E-state index in [1.807, 2.05) is 0 Å². The molecule has 1 heterocycles. The summed E-state index contributed by atoms with van der Waals surface area (Å²) in [5, 5.41) is 11.3. The molecule has 2 rings (SSSR count). The van der Waals surface area contributed by atoms with E-state index < -0.39 is 41.3 Å². The summed E-state index contributed by atoms with van der Waals surface area (Å²) in [6.07, 6.45) is -0.463. The lowest BCUT2D eigenvalue weighted by Crippen LogP contribution is -2.50. The highest BCUT2D eigenvalue weighted by Gasteiger charge is 2.29. The van der Waals surface area contributed by atoms with Crippen molar-refractivity contribution in [1.82, 2.24) is 14.9 Å². The van der Waals surface area contributed by atoms with E-state index >= 15 is 0 Å². The summed E-state index contributed by atoms with van der Waals surface area (Å²) >= 11 is 0. The van der Waals surface area contributed by atoms with Crippen molar-refractivity contribution in [2.24, 2.45) is 5.73 Å². The van der Waals surface area contributed by atoms with Gasteiger partial charge in [0.15, 0.2) is 11.6 Å². The number of nitrogens with zero attached hydrogens (tertiary/aromatic N) is 3. The highest BCUT2D eigenvalue weighted by molar-refractivity contribution is 5.81. The number of hydrogen-bond donors (Lipinski definition) is 2. The zero-order chi connectivity index (χ0) is 21.7. The largest absolute Gasteiger partial charge is 0.480 e. The van der Waals surface area contributed by atoms with Crippen LogP contribution in [0.4, 0.5) is 13.2 Å². The van der Waals surface area contributed by atoms with Crippen molar-refractivity contribution in [3.05, 3.63) is 35.1 Å². The molecule has 1 aromatic rings. The van der Waals surface area contributed by atoms with Crippen LogP contribution >= 0.6 is 0 Å². The van der Waals surface area contributed by atoms with Crippen molar-refractivity contribution >= 4 is 17.8 Å². The van der Waals surface area contributed by atoms with Gasteiger partial charge in [0.1, 0.15) is 5.82 Å². The highest BCUT2D eigenvalue weighted by Crippen LogP contribution is 2.17.